The van der Waals surface area contributed by atoms with Crippen molar-refractivity contribution in [2.75, 3.05) is 19.7 Å². The number of urea groups is 1. The Hall–Kier alpha value is -3.23. The molecular formula is C20H22N4O5. The first kappa shape index (κ1) is 19.1. The summed E-state index contributed by atoms with van der Waals surface area (Å²) in [6, 6.07) is 4.10. The fourth-order valence-electron chi connectivity index (χ4n) is 3.72. The van der Waals surface area contributed by atoms with Gasteiger partial charge in [-0.1, -0.05) is 12.8 Å². The van der Waals surface area contributed by atoms with Crippen LogP contribution in [-0.2, 0) is 22.5 Å². The fourth-order valence-corrected chi connectivity index (χ4v) is 3.72. The van der Waals surface area contributed by atoms with Crippen LogP contribution in [0.1, 0.15) is 41.9 Å². The normalized spacial score (nSPS) is 16.7. The summed E-state index contributed by atoms with van der Waals surface area (Å²) in [5.41, 5.74) is 0.558. The predicted molar refractivity (Wildman–Crippen MR) is 104 cm³/mol. The Morgan fingerprint density at radius 1 is 1.10 bits per heavy atom. The zero-order chi connectivity index (χ0) is 20.4. The van der Waals surface area contributed by atoms with Gasteiger partial charge in [-0.2, -0.15) is 0 Å². The van der Waals surface area contributed by atoms with Gasteiger partial charge in [0.15, 0.2) is 6.61 Å². The van der Waals surface area contributed by atoms with E-state index >= 15 is 0 Å². The Balaban J connectivity index is 1.54. The number of carbonyl (C=O) groups is 3. The lowest BCUT2D eigenvalue weighted by molar-refractivity contribution is -0.130. The van der Waals surface area contributed by atoms with Crippen LogP contribution >= 0.6 is 0 Å². The Labute approximate surface area is 166 Å². The minimum atomic E-state index is -0.700. The minimum Gasteiger partial charge on any atom is -0.452 e. The molecule has 3 amide bonds. The summed E-state index contributed by atoms with van der Waals surface area (Å²) in [5.74, 6) is -0.539. The standard InChI is InChI=1S/C20H22N4O5/c25-17(24-10-8-21-20(24)28)12-29-19(27)13-6-7-14-15(11-13)22-16-5-3-1-2-4-9-23(16)18(14)26/h6-7,11H,1-5,8-10,12H2,(H,21,28). The number of fused-ring (bicyclic) bond motifs is 2. The molecule has 2 aromatic rings. The van der Waals surface area contributed by atoms with E-state index in [2.05, 4.69) is 10.3 Å². The van der Waals surface area contributed by atoms with E-state index in [1.807, 2.05) is 0 Å². The number of amides is 3. The predicted octanol–water partition coefficient (Wildman–Crippen LogP) is 1.22. The lowest BCUT2D eigenvalue weighted by Gasteiger charge is -2.16. The van der Waals surface area contributed by atoms with Gasteiger partial charge in [0.1, 0.15) is 5.82 Å². The molecule has 1 aromatic carbocycles. The van der Waals surface area contributed by atoms with Crippen LogP contribution in [0.3, 0.4) is 0 Å². The van der Waals surface area contributed by atoms with E-state index in [1.165, 1.54) is 12.1 Å². The van der Waals surface area contributed by atoms with E-state index in [9.17, 15) is 19.2 Å². The molecule has 29 heavy (non-hydrogen) atoms. The number of imide groups is 1. The van der Waals surface area contributed by atoms with Crippen molar-refractivity contribution in [3.05, 3.63) is 39.9 Å². The van der Waals surface area contributed by atoms with E-state index in [4.69, 9.17) is 4.74 Å². The van der Waals surface area contributed by atoms with Crippen molar-refractivity contribution < 1.29 is 19.1 Å². The van der Waals surface area contributed by atoms with Crippen LogP contribution in [-0.4, -0.2) is 52.1 Å². The number of aromatic nitrogens is 2. The molecule has 2 aliphatic heterocycles. The quantitative estimate of drug-likeness (QED) is 0.779. The van der Waals surface area contributed by atoms with Gasteiger partial charge in [0.2, 0.25) is 0 Å². The number of rotatable bonds is 3. The third-order valence-corrected chi connectivity index (χ3v) is 5.29. The number of benzene rings is 1. The highest BCUT2D eigenvalue weighted by molar-refractivity contribution is 5.99. The van der Waals surface area contributed by atoms with Gasteiger partial charge in [0.05, 0.1) is 16.5 Å². The van der Waals surface area contributed by atoms with Gasteiger partial charge in [-0.3, -0.25) is 19.1 Å². The molecule has 0 aliphatic carbocycles. The van der Waals surface area contributed by atoms with E-state index in [0.29, 0.717) is 24.0 Å². The van der Waals surface area contributed by atoms with Crippen LogP contribution in [0.25, 0.3) is 10.9 Å². The van der Waals surface area contributed by atoms with E-state index in [1.54, 1.807) is 10.6 Å². The van der Waals surface area contributed by atoms with Crippen molar-refractivity contribution >= 4 is 28.8 Å². The third kappa shape index (κ3) is 3.85. The number of hydrogen-bond acceptors (Lipinski definition) is 6. The van der Waals surface area contributed by atoms with Crippen molar-refractivity contribution in [2.24, 2.45) is 0 Å². The van der Waals surface area contributed by atoms with E-state index < -0.39 is 24.5 Å². The highest BCUT2D eigenvalue weighted by Crippen LogP contribution is 2.17. The summed E-state index contributed by atoms with van der Waals surface area (Å²) in [7, 11) is 0. The molecule has 0 unspecified atom stereocenters. The van der Waals surface area contributed by atoms with Crippen LogP contribution < -0.4 is 10.9 Å². The lowest BCUT2D eigenvalue weighted by Crippen LogP contribution is -2.37. The summed E-state index contributed by atoms with van der Waals surface area (Å²) in [6.45, 7) is 0.774. The molecular weight excluding hydrogens is 376 g/mol. The zero-order valence-electron chi connectivity index (χ0n) is 16.0. The number of hydrogen-bond donors (Lipinski definition) is 1. The highest BCUT2D eigenvalue weighted by atomic mass is 16.5. The van der Waals surface area contributed by atoms with Gasteiger partial charge in [-0.05, 0) is 31.0 Å². The van der Waals surface area contributed by atoms with Gasteiger partial charge in [0.25, 0.3) is 11.5 Å². The molecule has 2 aliphatic rings. The minimum absolute atomic E-state index is 0.0953. The second-order valence-electron chi connectivity index (χ2n) is 7.23. The Bertz CT molecular complexity index is 1050. The van der Waals surface area contributed by atoms with Crippen molar-refractivity contribution in [1.29, 1.82) is 0 Å². The van der Waals surface area contributed by atoms with Crippen LogP contribution in [0, 0.1) is 0 Å². The van der Waals surface area contributed by atoms with Crippen LogP contribution in [0.2, 0.25) is 0 Å². The maximum atomic E-state index is 12.8. The summed E-state index contributed by atoms with van der Waals surface area (Å²) in [4.78, 5) is 54.3. The van der Waals surface area contributed by atoms with Crippen molar-refractivity contribution in [3.63, 3.8) is 0 Å². The lowest BCUT2D eigenvalue weighted by atomic mass is 10.1. The summed E-state index contributed by atoms with van der Waals surface area (Å²) < 4.78 is 6.79. The van der Waals surface area contributed by atoms with Gasteiger partial charge in [-0.25, -0.2) is 14.6 Å². The highest BCUT2D eigenvalue weighted by Gasteiger charge is 2.27. The second-order valence-corrected chi connectivity index (χ2v) is 7.23. The second kappa shape index (κ2) is 8.02. The topological polar surface area (TPSA) is 111 Å². The van der Waals surface area contributed by atoms with Crippen LogP contribution in [0.4, 0.5) is 4.79 Å². The molecule has 1 N–H and O–H groups in total. The van der Waals surface area contributed by atoms with E-state index in [-0.39, 0.29) is 17.7 Å². The number of nitrogens with one attached hydrogen (secondary N) is 1. The first-order valence-electron chi connectivity index (χ1n) is 9.83. The van der Waals surface area contributed by atoms with Gasteiger partial charge in [-0.15, -0.1) is 0 Å². The number of ether oxygens (including phenoxy) is 1. The number of aryl methyl sites for hydroxylation is 1. The molecule has 9 heteroatoms. The van der Waals surface area contributed by atoms with Crippen LogP contribution in [0.15, 0.2) is 23.0 Å². The maximum Gasteiger partial charge on any atom is 0.338 e. The summed E-state index contributed by atoms with van der Waals surface area (Å²) in [5, 5.41) is 2.97. The smallest absolute Gasteiger partial charge is 0.338 e. The summed E-state index contributed by atoms with van der Waals surface area (Å²) >= 11 is 0. The fraction of sp³-hybridized carbons (Fsp3) is 0.450. The zero-order valence-corrected chi connectivity index (χ0v) is 16.0. The average Bonchev–Trinajstić information content (AvgIpc) is 3.13. The average molecular weight is 398 g/mol. The Morgan fingerprint density at radius 2 is 1.93 bits per heavy atom. The molecule has 9 nitrogen and oxygen atoms in total. The molecule has 0 bridgehead atoms. The largest absolute Gasteiger partial charge is 0.452 e. The molecule has 0 spiro atoms. The van der Waals surface area contributed by atoms with E-state index in [0.717, 1.165) is 42.8 Å². The van der Waals surface area contributed by atoms with Crippen molar-refractivity contribution in [1.82, 2.24) is 19.8 Å². The number of esters is 1. The molecule has 0 atom stereocenters. The Morgan fingerprint density at radius 3 is 2.72 bits per heavy atom. The molecule has 3 heterocycles. The van der Waals surface area contributed by atoms with Crippen molar-refractivity contribution in [2.45, 2.75) is 38.6 Å². The maximum absolute atomic E-state index is 12.8. The first-order valence-corrected chi connectivity index (χ1v) is 9.83. The molecule has 0 saturated carbocycles. The van der Waals surface area contributed by atoms with Gasteiger partial charge < -0.3 is 10.1 Å². The summed E-state index contributed by atoms with van der Waals surface area (Å²) in [6.07, 6.45) is 4.88. The number of nitrogens with zero attached hydrogens (tertiary/aromatic N) is 3. The molecule has 1 saturated heterocycles. The molecule has 1 aromatic heterocycles. The van der Waals surface area contributed by atoms with Gasteiger partial charge >= 0.3 is 12.0 Å². The monoisotopic (exact) mass is 398 g/mol. The number of carbonyl (C=O) groups excluding carboxylic acids is 3. The molecule has 0 radical (unpaired) electrons. The molecule has 1 fully saturated rings. The third-order valence-electron chi connectivity index (χ3n) is 5.29. The molecule has 4 rings (SSSR count). The molecule has 152 valence electrons. The Kier molecular flexibility index (Phi) is 5.28. The first-order chi connectivity index (χ1) is 14.0. The van der Waals surface area contributed by atoms with Crippen LogP contribution in [0.5, 0.6) is 0 Å². The van der Waals surface area contributed by atoms with Crippen molar-refractivity contribution in [3.8, 4) is 0 Å². The van der Waals surface area contributed by atoms with Gasteiger partial charge in [0, 0.05) is 26.1 Å². The SMILES string of the molecule is O=C(OCC(=O)N1CCNC1=O)c1ccc2c(=O)n3c(nc2c1)CCCCCC3.